The minimum Gasteiger partial charge on any atom is -0.405 e. The van der Waals surface area contributed by atoms with E-state index in [1.54, 1.807) is 24.3 Å². The average Bonchev–Trinajstić information content (AvgIpc) is 2.43. The van der Waals surface area contributed by atoms with E-state index in [9.17, 15) is 4.57 Å². The summed E-state index contributed by atoms with van der Waals surface area (Å²) in [5.74, 6) is 1.02. The van der Waals surface area contributed by atoms with Gasteiger partial charge in [-0.25, -0.2) is 4.57 Å². The molecular weight excluding hydrogens is 297 g/mol. The minimum absolute atomic E-state index is 0.0401. The summed E-state index contributed by atoms with van der Waals surface area (Å²) in [5, 5.41) is 2.89. The van der Waals surface area contributed by atoms with Crippen molar-refractivity contribution in [2.75, 3.05) is 0 Å². The Labute approximate surface area is 132 Å². The van der Waals surface area contributed by atoms with Crippen molar-refractivity contribution in [2.24, 2.45) is 0 Å². The largest absolute Gasteiger partial charge is 0.513 e. The Morgan fingerprint density at radius 3 is 1.50 bits per heavy atom. The molecule has 0 heterocycles. The van der Waals surface area contributed by atoms with E-state index in [4.69, 9.17) is 9.05 Å². The van der Waals surface area contributed by atoms with Gasteiger partial charge in [0.2, 0.25) is 0 Å². The lowest BCUT2D eigenvalue weighted by atomic mass is 10.2. The highest BCUT2D eigenvalue weighted by molar-refractivity contribution is 7.52. The van der Waals surface area contributed by atoms with Crippen LogP contribution in [0.5, 0.6) is 11.5 Å². The van der Waals surface area contributed by atoms with Crippen molar-refractivity contribution >= 4 is 7.75 Å². The summed E-state index contributed by atoms with van der Waals surface area (Å²) in [6.45, 7) is 7.75. The molecule has 1 N–H and O–H groups in total. The second-order valence-corrected chi connectivity index (χ2v) is 7.21. The summed E-state index contributed by atoms with van der Waals surface area (Å²) < 4.78 is 24.2. The molecule has 5 heteroatoms. The van der Waals surface area contributed by atoms with Crippen LogP contribution in [-0.4, -0.2) is 6.04 Å². The maximum atomic E-state index is 13.0. The van der Waals surface area contributed by atoms with Gasteiger partial charge in [-0.15, -0.1) is 0 Å². The van der Waals surface area contributed by atoms with Crippen molar-refractivity contribution in [1.82, 2.24) is 5.09 Å². The summed E-state index contributed by atoms with van der Waals surface area (Å²) in [7, 11) is -3.50. The lowest BCUT2D eigenvalue weighted by Gasteiger charge is -2.22. The van der Waals surface area contributed by atoms with Gasteiger partial charge in [-0.1, -0.05) is 35.4 Å². The number of hydrogen-bond donors (Lipinski definition) is 1. The third kappa shape index (κ3) is 4.90. The van der Waals surface area contributed by atoms with Gasteiger partial charge in [0.1, 0.15) is 11.5 Å². The van der Waals surface area contributed by atoms with Crippen LogP contribution in [0.15, 0.2) is 48.5 Å². The topological polar surface area (TPSA) is 47.6 Å². The predicted octanol–water partition coefficient (Wildman–Crippen LogP) is 4.87. The molecule has 4 nitrogen and oxygen atoms in total. The van der Waals surface area contributed by atoms with Crippen molar-refractivity contribution < 1.29 is 13.6 Å². The van der Waals surface area contributed by atoms with Gasteiger partial charge in [0, 0.05) is 6.04 Å². The molecule has 118 valence electrons. The SMILES string of the molecule is Cc1ccc(OP(=O)(NC(C)C)Oc2ccc(C)cc2)cc1. The summed E-state index contributed by atoms with van der Waals surface area (Å²) in [6, 6.07) is 14.7. The molecule has 0 unspecified atom stereocenters. The first-order valence-corrected chi connectivity index (χ1v) is 8.81. The maximum Gasteiger partial charge on any atom is 0.513 e. The Kier molecular flexibility index (Phi) is 5.28. The minimum atomic E-state index is -3.50. The number of aryl methyl sites for hydroxylation is 2. The molecule has 2 aromatic carbocycles. The van der Waals surface area contributed by atoms with Gasteiger partial charge in [-0.05, 0) is 52.0 Å². The van der Waals surface area contributed by atoms with E-state index in [-0.39, 0.29) is 6.04 Å². The van der Waals surface area contributed by atoms with Gasteiger partial charge < -0.3 is 9.05 Å². The van der Waals surface area contributed by atoms with Crippen molar-refractivity contribution in [3.05, 3.63) is 59.7 Å². The number of hydrogen-bond acceptors (Lipinski definition) is 3. The van der Waals surface area contributed by atoms with E-state index >= 15 is 0 Å². The first kappa shape index (κ1) is 16.6. The van der Waals surface area contributed by atoms with Gasteiger partial charge in [-0.3, -0.25) is 0 Å². The molecule has 2 rings (SSSR count). The second-order valence-electron chi connectivity index (χ2n) is 5.59. The molecule has 0 aliphatic carbocycles. The Hall–Kier alpha value is -1.77. The van der Waals surface area contributed by atoms with Crippen molar-refractivity contribution in [3.63, 3.8) is 0 Å². The fourth-order valence-electron chi connectivity index (χ4n) is 1.86. The van der Waals surface area contributed by atoms with Crippen LogP contribution in [0.2, 0.25) is 0 Å². The molecular formula is C17H22NO3P. The molecule has 0 saturated heterocycles. The molecule has 0 aliphatic rings. The molecule has 0 bridgehead atoms. The molecule has 22 heavy (non-hydrogen) atoms. The van der Waals surface area contributed by atoms with E-state index in [1.165, 1.54) is 0 Å². The second kappa shape index (κ2) is 6.99. The smallest absolute Gasteiger partial charge is 0.405 e. The Bertz CT molecular complexity index is 599. The van der Waals surface area contributed by atoms with E-state index in [1.807, 2.05) is 52.0 Å². The Morgan fingerprint density at radius 2 is 1.18 bits per heavy atom. The monoisotopic (exact) mass is 319 g/mol. The fourth-order valence-corrected chi connectivity index (χ4v) is 3.44. The third-order valence-corrected chi connectivity index (χ3v) is 4.64. The summed E-state index contributed by atoms with van der Waals surface area (Å²) in [4.78, 5) is 0. The average molecular weight is 319 g/mol. The highest BCUT2D eigenvalue weighted by Crippen LogP contribution is 2.45. The normalized spacial score (nSPS) is 11.5. The zero-order valence-corrected chi connectivity index (χ0v) is 14.3. The molecule has 0 aromatic heterocycles. The summed E-state index contributed by atoms with van der Waals surface area (Å²) in [6.07, 6.45) is 0. The van der Waals surface area contributed by atoms with E-state index in [0.717, 1.165) is 11.1 Å². The van der Waals surface area contributed by atoms with Crippen LogP contribution >= 0.6 is 7.75 Å². The van der Waals surface area contributed by atoms with Crippen molar-refractivity contribution in [3.8, 4) is 11.5 Å². The lowest BCUT2D eigenvalue weighted by Crippen LogP contribution is -2.25. The van der Waals surface area contributed by atoms with E-state index in [2.05, 4.69) is 5.09 Å². The first-order valence-electron chi connectivity index (χ1n) is 7.27. The molecule has 0 spiro atoms. The van der Waals surface area contributed by atoms with Crippen molar-refractivity contribution in [1.29, 1.82) is 0 Å². The van der Waals surface area contributed by atoms with Crippen LogP contribution in [0.4, 0.5) is 0 Å². The van der Waals surface area contributed by atoms with Gasteiger partial charge in [0.25, 0.3) is 0 Å². The lowest BCUT2D eigenvalue weighted by molar-refractivity contribution is 0.365. The van der Waals surface area contributed by atoms with Crippen LogP contribution < -0.4 is 14.1 Å². The van der Waals surface area contributed by atoms with Crippen LogP contribution in [-0.2, 0) is 4.57 Å². The van der Waals surface area contributed by atoms with Crippen LogP contribution in [0.1, 0.15) is 25.0 Å². The van der Waals surface area contributed by atoms with Crippen LogP contribution in [0.3, 0.4) is 0 Å². The molecule has 0 saturated carbocycles. The van der Waals surface area contributed by atoms with Gasteiger partial charge in [-0.2, -0.15) is 5.09 Å². The Balaban J connectivity index is 2.21. The molecule has 0 fully saturated rings. The molecule has 0 amide bonds. The third-order valence-electron chi connectivity index (χ3n) is 2.91. The Morgan fingerprint density at radius 1 is 0.818 bits per heavy atom. The zero-order valence-electron chi connectivity index (χ0n) is 13.4. The van der Waals surface area contributed by atoms with E-state index < -0.39 is 7.75 Å². The van der Waals surface area contributed by atoms with Crippen LogP contribution in [0.25, 0.3) is 0 Å². The summed E-state index contributed by atoms with van der Waals surface area (Å²) >= 11 is 0. The molecule has 0 atom stereocenters. The highest BCUT2D eigenvalue weighted by atomic mass is 31.2. The van der Waals surface area contributed by atoms with Gasteiger partial charge in [0.15, 0.2) is 0 Å². The standard InChI is InChI=1S/C17H22NO3P/c1-13(2)18-22(19,20-16-9-5-14(3)6-10-16)21-17-11-7-15(4)8-12-17/h5-13H,1-4H3,(H,18,19). The van der Waals surface area contributed by atoms with Crippen molar-refractivity contribution in [2.45, 2.75) is 33.7 Å². The molecule has 0 radical (unpaired) electrons. The first-order chi connectivity index (χ1) is 10.4. The molecule has 2 aromatic rings. The van der Waals surface area contributed by atoms with Gasteiger partial charge in [0.05, 0.1) is 0 Å². The number of nitrogens with one attached hydrogen (secondary N) is 1. The number of benzene rings is 2. The number of rotatable bonds is 6. The predicted molar refractivity (Wildman–Crippen MR) is 89.5 cm³/mol. The summed E-state index contributed by atoms with van der Waals surface area (Å²) in [5.41, 5.74) is 2.22. The van der Waals surface area contributed by atoms with E-state index in [0.29, 0.717) is 11.5 Å². The highest BCUT2D eigenvalue weighted by Gasteiger charge is 2.29. The maximum absolute atomic E-state index is 13.0. The fraction of sp³-hybridized carbons (Fsp3) is 0.294. The van der Waals surface area contributed by atoms with Crippen LogP contribution in [0, 0.1) is 13.8 Å². The van der Waals surface area contributed by atoms with Gasteiger partial charge >= 0.3 is 7.75 Å². The zero-order chi connectivity index (χ0) is 16.2. The molecule has 0 aliphatic heterocycles. The quantitative estimate of drug-likeness (QED) is 0.772.